The van der Waals surface area contributed by atoms with Crippen molar-refractivity contribution in [2.24, 2.45) is 11.8 Å². The number of nitrogens with one attached hydrogen (secondary N) is 1. The third-order valence-electron chi connectivity index (χ3n) is 4.85. The Morgan fingerprint density at radius 1 is 1.19 bits per heavy atom. The van der Waals surface area contributed by atoms with E-state index >= 15 is 0 Å². The second-order valence-electron chi connectivity index (χ2n) is 6.00. The Morgan fingerprint density at radius 3 is 2.62 bits per heavy atom. The predicted molar refractivity (Wildman–Crippen MR) is 62.2 cm³/mol. The second kappa shape index (κ2) is 4.28. The second-order valence-corrected chi connectivity index (χ2v) is 6.00. The summed E-state index contributed by atoms with van der Waals surface area (Å²) in [5.41, 5.74) is -0.500. The van der Waals surface area contributed by atoms with Crippen LogP contribution in [0.15, 0.2) is 0 Å². The van der Waals surface area contributed by atoms with Gasteiger partial charge in [0.15, 0.2) is 0 Å². The molecule has 0 aromatic carbocycles. The van der Waals surface area contributed by atoms with Crippen LogP contribution in [0.25, 0.3) is 0 Å². The van der Waals surface area contributed by atoms with E-state index < -0.39 is 5.60 Å². The van der Waals surface area contributed by atoms with Gasteiger partial charge in [-0.3, -0.25) is 0 Å². The first-order chi connectivity index (χ1) is 7.75. The molecule has 2 N–H and O–H groups in total. The van der Waals surface area contributed by atoms with E-state index in [2.05, 4.69) is 5.32 Å². The number of rotatable bonds is 3. The van der Waals surface area contributed by atoms with Crippen molar-refractivity contribution in [3.8, 4) is 0 Å². The Labute approximate surface area is 97.6 Å². The van der Waals surface area contributed by atoms with Crippen molar-refractivity contribution in [2.75, 3.05) is 19.8 Å². The maximum absolute atomic E-state index is 10.4. The van der Waals surface area contributed by atoms with E-state index in [-0.39, 0.29) is 0 Å². The molecule has 3 rings (SSSR count). The molecule has 3 atom stereocenters. The van der Waals surface area contributed by atoms with Gasteiger partial charge >= 0.3 is 0 Å². The van der Waals surface area contributed by atoms with E-state index in [1.165, 1.54) is 25.7 Å². The van der Waals surface area contributed by atoms with Crippen molar-refractivity contribution in [2.45, 2.75) is 50.2 Å². The van der Waals surface area contributed by atoms with E-state index in [1.54, 1.807) is 0 Å². The molecular formula is C13H23NO2. The first kappa shape index (κ1) is 11.0. The molecule has 1 heterocycles. The molecule has 92 valence electrons. The van der Waals surface area contributed by atoms with E-state index in [4.69, 9.17) is 4.74 Å². The lowest BCUT2D eigenvalue weighted by atomic mass is 9.91. The number of hydrogen-bond donors (Lipinski definition) is 2. The van der Waals surface area contributed by atoms with Crippen molar-refractivity contribution in [1.29, 1.82) is 0 Å². The molecular weight excluding hydrogens is 202 g/mol. The minimum atomic E-state index is -0.500. The molecule has 0 aromatic heterocycles. The number of hydrogen-bond acceptors (Lipinski definition) is 3. The van der Waals surface area contributed by atoms with Gasteiger partial charge in [0.2, 0.25) is 0 Å². The molecule has 3 nitrogen and oxygen atoms in total. The van der Waals surface area contributed by atoms with E-state index in [0.717, 1.165) is 44.4 Å². The zero-order valence-electron chi connectivity index (χ0n) is 9.95. The topological polar surface area (TPSA) is 41.5 Å². The van der Waals surface area contributed by atoms with Gasteiger partial charge < -0.3 is 15.2 Å². The number of aliphatic hydroxyl groups is 1. The van der Waals surface area contributed by atoms with Gasteiger partial charge in [-0.15, -0.1) is 0 Å². The molecule has 3 fully saturated rings. The van der Waals surface area contributed by atoms with E-state index in [1.807, 2.05) is 0 Å². The lowest BCUT2D eigenvalue weighted by Crippen LogP contribution is -2.48. The smallest absolute Gasteiger partial charge is 0.0815 e. The fraction of sp³-hybridized carbons (Fsp3) is 1.00. The van der Waals surface area contributed by atoms with Gasteiger partial charge in [-0.1, -0.05) is 6.42 Å². The Morgan fingerprint density at radius 2 is 2.00 bits per heavy atom. The van der Waals surface area contributed by atoms with Gasteiger partial charge in [-0.2, -0.15) is 0 Å². The number of fused-ring (bicyclic) bond motifs is 2. The van der Waals surface area contributed by atoms with Gasteiger partial charge in [0.1, 0.15) is 0 Å². The third-order valence-corrected chi connectivity index (χ3v) is 4.85. The van der Waals surface area contributed by atoms with E-state index in [9.17, 15) is 5.11 Å². The van der Waals surface area contributed by atoms with Crippen molar-refractivity contribution in [3.05, 3.63) is 0 Å². The van der Waals surface area contributed by atoms with Crippen LogP contribution < -0.4 is 5.32 Å². The van der Waals surface area contributed by atoms with Gasteiger partial charge in [-0.05, 0) is 31.1 Å². The molecule has 3 heteroatoms. The van der Waals surface area contributed by atoms with Gasteiger partial charge in [0.25, 0.3) is 0 Å². The highest BCUT2D eigenvalue weighted by Crippen LogP contribution is 2.44. The van der Waals surface area contributed by atoms with Crippen molar-refractivity contribution in [3.63, 3.8) is 0 Å². The molecule has 2 aliphatic carbocycles. The maximum atomic E-state index is 10.4. The summed E-state index contributed by atoms with van der Waals surface area (Å²) in [7, 11) is 0. The fourth-order valence-electron chi connectivity index (χ4n) is 3.74. The first-order valence-corrected chi connectivity index (χ1v) is 6.79. The molecule has 1 saturated heterocycles. The summed E-state index contributed by atoms with van der Waals surface area (Å²) >= 11 is 0. The van der Waals surface area contributed by atoms with Gasteiger partial charge in [-0.25, -0.2) is 0 Å². The zero-order valence-corrected chi connectivity index (χ0v) is 9.95. The van der Waals surface area contributed by atoms with Crippen LogP contribution in [-0.4, -0.2) is 36.5 Å². The summed E-state index contributed by atoms with van der Waals surface area (Å²) in [5, 5.41) is 14.0. The zero-order chi connectivity index (χ0) is 11.0. The predicted octanol–water partition coefficient (Wildman–Crippen LogP) is 1.31. The molecule has 3 aliphatic rings. The summed E-state index contributed by atoms with van der Waals surface area (Å²) < 4.78 is 5.30. The Bertz CT molecular complexity index is 250. The molecule has 1 aliphatic heterocycles. The molecule has 0 spiro atoms. The van der Waals surface area contributed by atoms with Gasteiger partial charge in [0, 0.05) is 38.6 Å². The molecule has 0 aromatic rings. The Kier molecular flexibility index (Phi) is 2.94. The van der Waals surface area contributed by atoms with Crippen LogP contribution >= 0.6 is 0 Å². The Balaban J connectivity index is 1.49. The highest BCUT2D eigenvalue weighted by atomic mass is 16.5. The molecule has 3 unspecified atom stereocenters. The van der Waals surface area contributed by atoms with Crippen molar-refractivity contribution in [1.82, 2.24) is 5.32 Å². The highest BCUT2D eigenvalue weighted by Gasteiger charge is 2.40. The quantitative estimate of drug-likeness (QED) is 0.761. The van der Waals surface area contributed by atoms with Crippen LogP contribution in [0.4, 0.5) is 0 Å². The average Bonchev–Trinajstić information content (AvgIpc) is 2.89. The summed E-state index contributed by atoms with van der Waals surface area (Å²) in [6.07, 6.45) is 7.21. The van der Waals surface area contributed by atoms with E-state index in [0.29, 0.717) is 6.04 Å². The summed E-state index contributed by atoms with van der Waals surface area (Å²) in [4.78, 5) is 0. The SMILES string of the molecule is OC1(CNC2CC3CCC2C3)CCOCC1. The molecule has 0 radical (unpaired) electrons. The monoisotopic (exact) mass is 225 g/mol. The Hall–Kier alpha value is -0.120. The molecule has 16 heavy (non-hydrogen) atoms. The first-order valence-electron chi connectivity index (χ1n) is 6.79. The summed E-state index contributed by atoms with van der Waals surface area (Å²) in [6.45, 7) is 2.20. The average molecular weight is 225 g/mol. The summed E-state index contributed by atoms with van der Waals surface area (Å²) in [5.74, 6) is 1.88. The van der Waals surface area contributed by atoms with Crippen LogP contribution in [-0.2, 0) is 4.74 Å². The van der Waals surface area contributed by atoms with Crippen molar-refractivity contribution >= 4 is 0 Å². The van der Waals surface area contributed by atoms with Crippen LogP contribution in [0.2, 0.25) is 0 Å². The van der Waals surface area contributed by atoms with Crippen LogP contribution in [0, 0.1) is 11.8 Å². The third kappa shape index (κ3) is 2.13. The molecule has 2 saturated carbocycles. The standard InChI is InChI=1S/C13H23NO2/c15-13(3-5-16-6-4-13)9-14-12-8-10-1-2-11(12)7-10/h10-12,14-15H,1-9H2. The van der Waals surface area contributed by atoms with Crippen LogP contribution in [0.3, 0.4) is 0 Å². The van der Waals surface area contributed by atoms with Crippen LogP contribution in [0.1, 0.15) is 38.5 Å². The lowest BCUT2D eigenvalue weighted by Gasteiger charge is -2.34. The van der Waals surface area contributed by atoms with Crippen LogP contribution in [0.5, 0.6) is 0 Å². The summed E-state index contributed by atoms with van der Waals surface area (Å²) in [6, 6.07) is 0.686. The highest BCUT2D eigenvalue weighted by molar-refractivity contribution is 4.95. The maximum Gasteiger partial charge on any atom is 0.0815 e. The number of ether oxygens (including phenoxy) is 1. The lowest BCUT2D eigenvalue weighted by molar-refractivity contribution is -0.0634. The fourth-order valence-corrected chi connectivity index (χ4v) is 3.74. The normalized spacial score (nSPS) is 41.4. The van der Waals surface area contributed by atoms with Gasteiger partial charge in [0.05, 0.1) is 5.60 Å². The van der Waals surface area contributed by atoms with Crippen molar-refractivity contribution < 1.29 is 9.84 Å². The largest absolute Gasteiger partial charge is 0.388 e. The minimum Gasteiger partial charge on any atom is -0.388 e. The molecule has 2 bridgehead atoms. The molecule has 0 amide bonds. The minimum absolute atomic E-state index is 0.500.